The van der Waals surface area contributed by atoms with Gasteiger partial charge in [0.2, 0.25) is 0 Å². The Hall–Kier alpha value is -0.720. The van der Waals surface area contributed by atoms with E-state index in [2.05, 4.69) is 0 Å². The van der Waals surface area contributed by atoms with Gasteiger partial charge >= 0.3 is 8.03 Å². The second-order valence-electron chi connectivity index (χ2n) is 2.91. The molecule has 0 N–H and O–H groups in total. The first-order valence-corrected chi connectivity index (χ1v) is 4.93. The van der Waals surface area contributed by atoms with E-state index in [-0.39, 0.29) is 0 Å². The summed E-state index contributed by atoms with van der Waals surface area (Å²) in [6, 6.07) is 3.49. The van der Waals surface area contributed by atoms with Crippen molar-refractivity contribution in [1.82, 2.24) is 0 Å². The van der Waals surface area contributed by atoms with Crippen LogP contribution in [-0.2, 0) is 4.57 Å². The lowest BCUT2D eigenvalue weighted by Gasteiger charge is -2.04. The molecule has 0 aromatic heterocycles. The molecule has 64 valence electrons. The molecule has 12 heavy (non-hydrogen) atoms. The summed E-state index contributed by atoms with van der Waals surface area (Å²) >= 11 is 0. The van der Waals surface area contributed by atoms with Crippen molar-refractivity contribution in [3.8, 4) is 0 Å². The topological polar surface area (TPSA) is 40.1 Å². The van der Waals surface area contributed by atoms with Crippen LogP contribution < -0.4 is 10.2 Å². The molecule has 0 bridgehead atoms. The maximum absolute atomic E-state index is 10.7. The normalized spacial score (nSPS) is 11.5. The number of hydrogen-bond donors (Lipinski definition) is 0. The van der Waals surface area contributed by atoms with Crippen molar-refractivity contribution < 1.29 is 9.46 Å². The molecule has 0 fully saturated rings. The number of rotatable bonds is 1. The van der Waals surface area contributed by atoms with Gasteiger partial charge in [-0.25, -0.2) is 0 Å². The summed E-state index contributed by atoms with van der Waals surface area (Å²) in [7, 11) is -2.45. The van der Waals surface area contributed by atoms with Crippen LogP contribution in [0.2, 0.25) is 0 Å². The third-order valence-corrected chi connectivity index (χ3v) is 3.10. The van der Waals surface area contributed by atoms with Gasteiger partial charge < -0.3 is 4.89 Å². The van der Waals surface area contributed by atoms with E-state index in [0.717, 1.165) is 16.7 Å². The van der Waals surface area contributed by atoms with Crippen LogP contribution in [0.3, 0.4) is 0 Å². The predicted octanol–water partition coefficient (Wildman–Crippen LogP) is 1.34. The summed E-state index contributed by atoms with van der Waals surface area (Å²) in [6.07, 6.45) is 0. The molecule has 0 saturated carbocycles. The van der Waals surface area contributed by atoms with Crippen LogP contribution in [0, 0.1) is 20.8 Å². The first-order chi connectivity index (χ1) is 5.54. The van der Waals surface area contributed by atoms with E-state index in [4.69, 9.17) is 0 Å². The Bertz CT molecular complexity index is 332. The first kappa shape index (κ1) is 9.37. The van der Waals surface area contributed by atoms with Crippen LogP contribution in [0.4, 0.5) is 0 Å². The molecule has 3 heteroatoms. The predicted molar refractivity (Wildman–Crippen MR) is 47.9 cm³/mol. The lowest BCUT2D eigenvalue weighted by atomic mass is 10.1. The van der Waals surface area contributed by atoms with Crippen LogP contribution in [0.5, 0.6) is 0 Å². The highest BCUT2D eigenvalue weighted by Crippen LogP contribution is 2.17. The van der Waals surface area contributed by atoms with Crippen LogP contribution in [0.15, 0.2) is 12.1 Å². The summed E-state index contributed by atoms with van der Waals surface area (Å²) in [5.41, 5.74) is 3.06. The maximum atomic E-state index is 10.7. The van der Waals surface area contributed by atoms with Crippen molar-refractivity contribution in [2.75, 3.05) is 0 Å². The monoisotopic (exact) mass is 182 g/mol. The Balaban J connectivity index is 3.36. The van der Waals surface area contributed by atoms with E-state index >= 15 is 0 Å². The molecule has 1 unspecified atom stereocenters. The summed E-state index contributed by atoms with van der Waals surface area (Å²) in [4.78, 5) is 10.7. The molecule has 0 spiro atoms. The van der Waals surface area contributed by atoms with Gasteiger partial charge in [0, 0.05) is 5.56 Å². The zero-order valence-corrected chi connectivity index (χ0v) is 8.31. The van der Waals surface area contributed by atoms with Crippen molar-refractivity contribution in [2.24, 2.45) is 0 Å². The molecule has 0 heterocycles. The summed E-state index contributed by atoms with van der Waals surface area (Å²) in [5, 5.41) is 0.438. The number of hydrogen-bond acceptors (Lipinski definition) is 2. The molecule has 1 aromatic carbocycles. The van der Waals surface area contributed by atoms with Gasteiger partial charge in [-0.15, -0.1) is 0 Å². The van der Waals surface area contributed by atoms with Gasteiger partial charge in [-0.05, 0) is 38.0 Å². The Labute approximate surface area is 73.1 Å². The summed E-state index contributed by atoms with van der Waals surface area (Å²) in [6.45, 7) is 5.75. The van der Waals surface area contributed by atoms with Crippen molar-refractivity contribution in [1.29, 1.82) is 0 Å². The van der Waals surface area contributed by atoms with Crippen LogP contribution >= 0.6 is 8.03 Å². The lowest BCUT2D eigenvalue weighted by Crippen LogP contribution is -2.10. The van der Waals surface area contributed by atoms with Crippen molar-refractivity contribution in [2.45, 2.75) is 20.8 Å². The first-order valence-electron chi connectivity index (χ1n) is 3.75. The van der Waals surface area contributed by atoms with Crippen LogP contribution in [0.25, 0.3) is 0 Å². The van der Waals surface area contributed by atoms with E-state index in [1.807, 2.05) is 26.8 Å². The summed E-state index contributed by atoms with van der Waals surface area (Å²) < 4.78 is 10.7. The van der Waals surface area contributed by atoms with E-state index < -0.39 is 8.03 Å². The van der Waals surface area contributed by atoms with Gasteiger partial charge in [0.15, 0.2) is 5.30 Å². The Morgan fingerprint density at radius 2 is 1.75 bits per heavy atom. The molecule has 0 saturated heterocycles. The largest absolute Gasteiger partial charge is 0.591 e. The molecule has 2 nitrogen and oxygen atoms in total. The van der Waals surface area contributed by atoms with E-state index in [1.54, 1.807) is 6.07 Å². The third kappa shape index (κ3) is 1.55. The van der Waals surface area contributed by atoms with Gasteiger partial charge in [-0.3, -0.25) is 0 Å². The number of benzene rings is 1. The molecule has 0 radical (unpaired) electrons. The minimum Gasteiger partial charge on any atom is -0.591 e. The van der Waals surface area contributed by atoms with Gasteiger partial charge in [0.05, 0.1) is 0 Å². The molecular formula is C9H11O2P. The minimum absolute atomic E-state index is 0.438. The van der Waals surface area contributed by atoms with Gasteiger partial charge in [-0.2, -0.15) is 0 Å². The Morgan fingerprint density at radius 3 is 2.25 bits per heavy atom. The molecule has 0 aliphatic carbocycles. The zero-order valence-electron chi connectivity index (χ0n) is 7.42. The SMILES string of the molecule is Cc1ccc([P+](=O)[O-])c(C)c1C. The van der Waals surface area contributed by atoms with E-state index in [9.17, 15) is 9.46 Å². The highest BCUT2D eigenvalue weighted by atomic mass is 31.1. The smallest absolute Gasteiger partial charge is 0.349 e. The van der Waals surface area contributed by atoms with Crippen LogP contribution in [0.1, 0.15) is 16.7 Å². The van der Waals surface area contributed by atoms with E-state index in [0.29, 0.717) is 5.30 Å². The second-order valence-corrected chi connectivity index (χ2v) is 3.90. The highest BCUT2D eigenvalue weighted by molar-refractivity contribution is 7.46. The van der Waals surface area contributed by atoms with E-state index in [1.165, 1.54) is 0 Å². The maximum Gasteiger partial charge on any atom is 0.349 e. The van der Waals surface area contributed by atoms with Crippen molar-refractivity contribution in [3.05, 3.63) is 28.8 Å². The molecular weight excluding hydrogens is 171 g/mol. The molecule has 0 aliphatic rings. The standard InChI is InChI=1S/C9H11O2P/c1-6-4-5-9(12(10)11)8(3)7(6)2/h4-5H,1-3H3. The molecule has 1 rings (SSSR count). The van der Waals surface area contributed by atoms with Gasteiger partial charge in [-0.1, -0.05) is 10.6 Å². The van der Waals surface area contributed by atoms with Gasteiger partial charge in [0.1, 0.15) is 0 Å². The zero-order chi connectivity index (χ0) is 9.30. The molecule has 0 amide bonds. The second kappa shape index (κ2) is 3.34. The van der Waals surface area contributed by atoms with Gasteiger partial charge in [0.25, 0.3) is 0 Å². The van der Waals surface area contributed by atoms with Crippen LogP contribution in [-0.4, -0.2) is 0 Å². The number of aryl methyl sites for hydroxylation is 1. The highest BCUT2D eigenvalue weighted by Gasteiger charge is 2.13. The fourth-order valence-electron chi connectivity index (χ4n) is 1.14. The average molecular weight is 182 g/mol. The molecule has 1 aromatic rings. The average Bonchev–Trinajstić information content (AvgIpc) is 2.00. The van der Waals surface area contributed by atoms with Crippen molar-refractivity contribution >= 4 is 13.3 Å². The fraction of sp³-hybridized carbons (Fsp3) is 0.333. The fourth-order valence-corrected chi connectivity index (χ4v) is 1.78. The minimum atomic E-state index is -2.45. The molecule has 0 aliphatic heterocycles. The summed E-state index contributed by atoms with van der Waals surface area (Å²) in [5.74, 6) is 0. The Kier molecular flexibility index (Phi) is 2.61. The Morgan fingerprint density at radius 1 is 1.17 bits per heavy atom. The quantitative estimate of drug-likeness (QED) is 0.615. The molecule has 1 atom stereocenters. The lowest BCUT2D eigenvalue weighted by molar-refractivity contribution is -0.160. The third-order valence-electron chi connectivity index (χ3n) is 2.23. The van der Waals surface area contributed by atoms with Crippen molar-refractivity contribution in [3.63, 3.8) is 0 Å².